The fraction of sp³-hybridized carbons (Fsp3) is 0.125. The summed E-state index contributed by atoms with van der Waals surface area (Å²) in [6.45, 7) is 0. The van der Waals surface area contributed by atoms with Crippen molar-refractivity contribution in [2.75, 3.05) is 0 Å². The standard InChI is InChI=1S/C8H4F4OS/c9-6-3-4(7(13)14)1-2-5(6)8(10,11)12/h1-3H,(H,13,14). The molecule has 0 aromatic heterocycles. The van der Waals surface area contributed by atoms with E-state index in [1.807, 2.05) is 0 Å². The monoisotopic (exact) mass is 224 g/mol. The summed E-state index contributed by atoms with van der Waals surface area (Å²) in [5.41, 5.74) is -1.60. The van der Waals surface area contributed by atoms with Gasteiger partial charge in [0.2, 0.25) is 5.12 Å². The van der Waals surface area contributed by atoms with Crippen molar-refractivity contribution in [2.45, 2.75) is 6.18 Å². The third kappa shape index (κ3) is 2.25. The normalized spacial score (nSPS) is 11.5. The quantitative estimate of drug-likeness (QED) is 0.573. The lowest BCUT2D eigenvalue weighted by atomic mass is 10.1. The predicted octanol–water partition coefficient (Wildman–Crippen LogP) is 2.91. The van der Waals surface area contributed by atoms with E-state index in [0.29, 0.717) is 12.1 Å². The van der Waals surface area contributed by atoms with Crippen LogP contribution in [0.2, 0.25) is 0 Å². The smallest absolute Gasteiger partial charge is 0.282 e. The van der Waals surface area contributed by atoms with E-state index in [2.05, 4.69) is 12.6 Å². The molecule has 76 valence electrons. The number of thiol groups is 1. The summed E-state index contributed by atoms with van der Waals surface area (Å²) >= 11 is 3.35. The molecule has 0 unspecified atom stereocenters. The van der Waals surface area contributed by atoms with Crippen LogP contribution in [0.25, 0.3) is 0 Å². The van der Waals surface area contributed by atoms with Crippen molar-refractivity contribution >= 4 is 17.7 Å². The van der Waals surface area contributed by atoms with Crippen molar-refractivity contribution in [3.8, 4) is 0 Å². The van der Waals surface area contributed by atoms with Crippen molar-refractivity contribution in [2.24, 2.45) is 0 Å². The van der Waals surface area contributed by atoms with Gasteiger partial charge in [0, 0.05) is 5.56 Å². The molecule has 0 fully saturated rings. The van der Waals surface area contributed by atoms with E-state index in [1.165, 1.54) is 0 Å². The summed E-state index contributed by atoms with van der Waals surface area (Å²) in [6.07, 6.45) is -4.75. The van der Waals surface area contributed by atoms with Crippen molar-refractivity contribution in [1.82, 2.24) is 0 Å². The summed E-state index contributed by atoms with van der Waals surface area (Å²) in [5.74, 6) is -1.47. The maximum atomic E-state index is 12.8. The molecule has 0 radical (unpaired) electrons. The van der Waals surface area contributed by atoms with Gasteiger partial charge in [-0.3, -0.25) is 4.79 Å². The Bertz CT molecular complexity index is 372. The second-order valence-corrected chi connectivity index (χ2v) is 2.90. The number of rotatable bonds is 1. The van der Waals surface area contributed by atoms with Gasteiger partial charge in [0.15, 0.2) is 0 Å². The molecule has 0 saturated heterocycles. The molecule has 0 saturated carbocycles. The van der Waals surface area contributed by atoms with E-state index in [9.17, 15) is 22.4 Å². The summed E-state index contributed by atoms with van der Waals surface area (Å²) < 4.78 is 48.9. The first-order valence-corrected chi connectivity index (χ1v) is 3.87. The van der Waals surface area contributed by atoms with E-state index in [1.54, 1.807) is 0 Å². The average molecular weight is 224 g/mol. The molecule has 0 spiro atoms. The third-order valence-electron chi connectivity index (χ3n) is 1.52. The number of hydrogen-bond acceptors (Lipinski definition) is 1. The lowest BCUT2D eigenvalue weighted by Crippen LogP contribution is -2.08. The first kappa shape index (κ1) is 11.0. The molecule has 0 aliphatic rings. The number of halogens is 4. The van der Waals surface area contributed by atoms with Crippen LogP contribution in [0.4, 0.5) is 17.6 Å². The highest BCUT2D eigenvalue weighted by molar-refractivity contribution is 7.97. The molecule has 0 aliphatic carbocycles. The topological polar surface area (TPSA) is 17.1 Å². The molecule has 0 aliphatic heterocycles. The summed E-state index contributed by atoms with van der Waals surface area (Å²) in [4.78, 5) is 10.6. The zero-order valence-corrected chi connectivity index (χ0v) is 7.49. The first-order chi connectivity index (χ1) is 6.32. The van der Waals surface area contributed by atoms with Gasteiger partial charge in [0.1, 0.15) is 5.82 Å². The minimum absolute atomic E-state index is 0.209. The molecule has 0 atom stereocenters. The van der Waals surface area contributed by atoms with Gasteiger partial charge >= 0.3 is 6.18 Å². The van der Waals surface area contributed by atoms with Gasteiger partial charge in [-0.1, -0.05) is 0 Å². The van der Waals surface area contributed by atoms with Gasteiger partial charge in [0.25, 0.3) is 0 Å². The van der Waals surface area contributed by atoms with Crippen LogP contribution in [-0.2, 0) is 6.18 Å². The van der Waals surface area contributed by atoms with Gasteiger partial charge in [-0.2, -0.15) is 13.2 Å². The van der Waals surface area contributed by atoms with Crippen LogP contribution in [0.3, 0.4) is 0 Å². The van der Waals surface area contributed by atoms with Gasteiger partial charge in [0.05, 0.1) is 5.56 Å². The Balaban J connectivity index is 3.21. The fourth-order valence-electron chi connectivity index (χ4n) is 0.878. The highest BCUT2D eigenvalue weighted by Gasteiger charge is 2.34. The molecule has 1 nitrogen and oxygen atoms in total. The second kappa shape index (κ2) is 3.61. The Kier molecular flexibility index (Phi) is 2.84. The van der Waals surface area contributed by atoms with Crippen LogP contribution in [0.15, 0.2) is 18.2 Å². The third-order valence-corrected chi connectivity index (χ3v) is 1.78. The van der Waals surface area contributed by atoms with Gasteiger partial charge in [-0.25, -0.2) is 4.39 Å². The molecule has 0 N–H and O–H groups in total. The molecular formula is C8H4F4OS. The summed E-state index contributed by atoms with van der Waals surface area (Å²) in [7, 11) is 0. The highest BCUT2D eigenvalue weighted by atomic mass is 32.1. The zero-order chi connectivity index (χ0) is 10.9. The van der Waals surface area contributed by atoms with Crippen LogP contribution in [-0.4, -0.2) is 5.12 Å². The Morgan fingerprint density at radius 2 is 1.86 bits per heavy atom. The van der Waals surface area contributed by atoms with Crippen LogP contribution >= 0.6 is 12.6 Å². The number of carbonyl (C=O) groups excluding carboxylic acids is 1. The average Bonchev–Trinajstić information content (AvgIpc) is 2.01. The number of hydrogen-bond donors (Lipinski definition) is 1. The molecule has 1 rings (SSSR count). The Labute approximate surface area is 82.1 Å². The van der Waals surface area contributed by atoms with Crippen molar-refractivity contribution < 1.29 is 22.4 Å². The van der Waals surface area contributed by atoms with E-state index in [4.69, 9.17) is 0 Å². The van der Waals surface area contributed by atoms with E-state index < -0.39 is 22.7 Å². The second-order valence-electron chi connectivity index (χ2n) is 2.50. The lowest BCUT2D eigenvalue weighted by molar-refractivity contribution is -0.140. The molecule has 0 heterocycles. The molecule has 1 aromatic carbocycles. The molecular weight excluding hydrogens is 220 g/mol. The Morgan fingerprint density at radius 1 is 1.29 bits per heavy atom. The minimum Gasteiger partial charge on any atom is -0.282 e. The largest absolute Gasteiger partial charge is 0.419 e. The summed E-state index contributed by atoms with van der Waals surface area (Å²) in [6, 6.07) is 1.90. The van der Waals surface area contributed by atoms with Crippen LogP contribution < -0.4 is 0 Å². The van der Waals surface area contributed by atoms with E-state index >= 15 is 0 Å². The highest BCUT2D eigenvalue weighted by Crippen LogP contribution is 2.31. The van der Waals surface area contributed by atoms with Crippen LogP contribution in [0.1, 0.15) is 15.9 Å². The first-order valence-electron chi connectivity index (χ1n) is 3.42. The minimum atomic E-state index is -4.75. The molecule has 6 heteroatoms. The van der Waals surface area contributed by atoms with Gasteiger partial charge in [-0.15, -0.1) is 12.6 Å². The van der Waals surface area contributed by atoms with E-state index in [0.717, 1.165) is 6.07 Å². The molecule has 1 aromatic rings. The number of alkyl halides is 3. The SMILES string of the molecule is O=C(S)c1ccc(C(F)(F)F)c(F)c1. The number of benzene rings is 1. The molecule has 0 amide bonds. The van der Waals surface area contributed by atoms with E-state index in [-0.39, 0.29) is 5.56 Å². The van der Waals surface area contributed by atoms with Crippen molar-refractivity contribution in [1.29, 1.82) is 0 Å². The van der Waals surface area contributed by atoms with Gasteiger partial charge < -0.3 is 0 Å². The fourth-order valence-corrected chi connectivity index (χ4v) is 1.02. The Morgan fingerprint density at radius 3 is 2.21 bits per heavy atom. The summed E-state index contributed by atoms with van der Waals surface area (Å²) in [5, 5.41) is -0.780. The molecule has 14 heavy (non-hydrogen) atoms. The lowest BCUT2D eigenvalue weighted by Gasteiger charge is -2.07. The zero-order valence-electron chi connectivity index (χ0n) is 6.60. The maximum Gasteiger partial charge on any atom is 0.419 e. The van der Waals surface area contributed by atoms with Gasteiger partial charge in [-0.05, 0) is 18.2 Å². The number of carbonyl (C=O) groups is 1. The Hall–Kier alpha value is -1.04. The van der Waals surface area contributed by atoms with Crippen molar-refractivity contribution in [3.63, 3.8) is 0 Å². The molecule has 0 bridgehead atoms. The van der Waals surface area contributed by atoms with Crippen LogP contribution in [0.5, 0.6) is 0 Å². The van der Waals surface area contributed by atoms with Crippen LogP contribution in [0, 0.1) is 5.82 Å². The predicted molar refractivity (Wildman–Crippen MR) is 44.7 cm³/mol. The maximum absolute atomic E-state index is 12.8. The van der Waals surface area contributed by atoms with Crippen molar-refractivity contribution in [3.05, 3.63) is 35.1 Å².